The van der Waals surface area contributed by atoms with Gasteiger partial charge < -0.3 is 9.64 Å². The molecule has 5 heteroatoms. The number of carbonyl (C=O) groups excluding carboxylic acids is 2. The molecule has 1 amide bonds. The number of ether oxygens (including phenoxy) is 1. The summed E-state index contributed by atoms with van der Waals surface area (Å²) >= 11 is 3.19. The molecular formula is C9H16BrNO3. The largest absolute Gasteiger partial charge is 0.468 e. The molecule has 0 aliphatic rings. The predicted octanol–water partition coefficient (Wildman–Crippen LogP) is 1.18. The fourth-order valence-electron chi connectivity index (χ4n) is 0.987. The molecule has 0 bridgehead atoms. The highest BCUT2D eigenvalue weighted by atomic mass is 79.9. The Morgan fingerprint density at radius 1 is 1.43 bits per heavy atom. The standard InChI is InChI=1S/C9H16BrNO3/c1-7(2)11(6-9(13)14-3)8(12)4-5-10/h7H,4-6H2,1-3H3. The molecule has 4 nitrogen and oxygen atoms in total. The van der Waals surface area contributed by atoms with E-state index in [1.54, 1.807) is 0 Å². The van der Waals surface area contributed by atoms with E-state index in [4.69, 9.17) is 0 Å². The van der Waals surface area contributed by atoms with Crippen LogP contribution in [0, 0.1) is 0 Å². The van der Waals surface area contributed by atoms with Crippen molar-refractivity contribution in [3.05, 3.63) is 0 Å². The molecule has 0 aromatic rings. The number of nitrogens with zero attached hydrogens (tertiary/aromatic N) is 1. The molecule has 0 fully saturated rings. The molecule has 0 aliphatic carbocycles. The molecule has 14 heavy (non-hydrogen) atoms. The second kappa shape index (κ2) is 6.81. The Hall–Kier alpha value is -0.580. The molecule has 0 unspecified atom stereocenters. The van der Waals surface area contributed by atoms with Crippen LogP contribution >= 0.6 is 15.9 Å². The molecule has 0 saturated carbocycles. The second-order valence-electron chi connectivity index (χ2n) is 3.13. The van der Waals surface area contributed by atoms with Gasteiger partial charge in [0.1, 0.15) is 6.54 Å². The van der Waals surface area contributed by atoms with E-state index >= 15 is 0 Å². The van der Waals surface area contributed by atoms with Gasteiger partial charge in [-0.2, -0.15) is 0 Å². The Labute approximate surface area is 92.7 Å². The van der Waals surface area contributed by atoms with Crippen molar-refractivity contribution >= 4 is 27.8 Å². The van der Waals surface area contributed by atoms with Crippen molar-refractivity contribution in [1.82, 2.24) is 4.90 Å². The highest BCUT2D eigenvalue weighted by Crippen LogP contribution is 2.03. The van der Waals surface area contributed by atoms with Crippen LogP contribution < -0.4 is 0 Å². The van der Waals surface area contributed by atoms with E-state index in [1.165, 1.54) is 12.0 Å². The summed E-state index contributed by atoms with van der Waals surface area (Å²) in [6, 6.07) is 0.0145. The molecule has 0 aromatic carbocycles. The summed E-state index contributed by atoms with van der Waals surface area (Å²) in [4.78, 5) is 24.0. The van der Waals surface area contributed by atoms with Crippen LogP contribution in [0.1, 0.15) is 20.3 Å². The summed E-state index contributed by atoms with van der Waals surface area (Å²) < 4.78 is 4.51. The summed E-state index contributed by atoms with van der Waals surface area (Å²) in [5.74, 6) is -0.427. The van der Waals surface area contributed by atoms with Gasteiger partial charge in [-0.05, 0) is 13.8 Å². The van der Waals surface area contributed by atoms with Gasteiger partial charge in [-0.1, -0.05) is 15.9 Å². The third kappa shape index (κ3) is 4.60. The average molecular weight is 266 g/mol. The van der Waals surface area contributed by atoms with Crippen LogP contribution in [0.5, 0.6) is 0 Å². The van der Waals surface area contributed by atoms with Crippen molar-refractivity contribution in [2.24, 2.45) is 0 Å². The molecule has 0 saturated heterocycles. The van der Waals surface area contributed by atoms with E-state index in [9.17, 15) is 9.59 Å². The Kier molecular flexibility index (Phi) is 6.53. The lowest BCUT2D eigenvalue weighted by atomic mass is 10.3. The fraction of sp³-hybridized carbons (Fsp3) is 0.778. The summed E-state index contributed by atoms with van der Waals surface area (Å²) in [6.45, 7) is 3.77. The number of halogens is 1. The lowest BCUT2D eigenvalue weighted by molar-refractivity contribution is -0.148. The summed E-state index contributed by atoms with van der Waals surface area (Å²) in [7, 11) is 1.32. The molecular weight excluding hydrogens is 250 g/mol. The monoisotopic (exact) mass is 265 g/mol. The molecule has 0 aliphatic heterocycles. The van der Waals surface area contributed by atoms with E-state index in [2.05, 4.69) is 20.7 Å². The minimum absolute atomic E-state index is 0.0145. The van der Waals surface area contributed by atoms with Crippen LogP contribution in [-0.2, 0) is 14.3 Å². The smallest absolute Gasteiger partial charge is 0.325 e. The maximum Gasteiger partial charge on any atom is 0.325 e. The maximum atomic E-state index is 11.5. The third-order valence-corrected chi connectivity index (χ3v) is 2.18. The zero-order valence-electron chi connectivity index (χ0n) is 8.75. The number of esters is 1. The van der Waals surface area contributed by atoms with Crippen molar-refractivity contribution < 1.29 is 14.3 Å². The quantitative estimate of drug-likeness (QED) is 0.554. The zero-order valence-corrected chi connectivity index (χ0v) is 10.3. The molecule has 0 N–H and O–H groups in total. The van der Waals surface area contributed by atoms with Gasteiger partial charge in [0.2, 0.25) is 5.91 Å². The van der Waals surface area contributed by atoms with Crippen molar-refractivity contribution in [2.75, 3.05) is 19.0 Å². The minimum Gasteiger partial charge on any atom is -0.468 e. The molecule has 0 aromatic heterocycles. The van der Waals surface area contributed by atoms with Crippen molar-refractivity contribution in [2.45, 2.75) is 26.3 Å². The molecule has 0 rings (SSSR count). The van der Waals surface area contributed by atoms with Gasteiger partial charge in [-0.3, -0.25) is 9.59 Å². The molecule has 0 radical (unpaired) electrons. The van der Waals surface area contributed by atoms with Crippen molar-refractivity contribution in [3.63, 3.8) is 0 Å². The third-order valence-electron chi connectivity index (χ3n) is 1.78. The number of hydrogen-bond donors (Lipinski definition) is 0. The normalized spacial score (nSPS) is 10.1. The lowest BCUT2D eigenvalue weighted by Gasteiger charge is -2.25. The van der Waals surface area contributed by atoms with Gasteiger partial charge in [0.15, 0.2) is 0 Å². The van der Waals surface area contributed by atoms with Gasteiger partial charge in [0.25, 0.3) is 0 Å². The van der Waals surface area contributed by atoms with E-state index in [-0.39, 0.29) is 24.5 Å². The van der Waals surface area contributed by atoms with E-state index in [0.717, 1.165) is 0 Å². The van der Waals surface area contributed by atoms with E-state index in [1.807, 2.05) is 13.8 Å². The molecule has 82 valence electrons. The molecule has 0 atom stereocenters. The second-order valence-corrected chi connectivity index (χ2v) is 3.92. The van der Waals surface area contributed by atoms with Crippen LogP contribution in [0.3, 0.4) is 0 Å². The average Bonchev–Trinajstić information content (AvgIpc) is 2.13. The van der Waals surface area contributed by atoms with Crippen molar-refractivity contribution in [1.29, 1.82) is 0 Å². The highest BCUT2D eigenvalue weighted by Gasteiger charge is 2.19. The van der Waals surface area contributed by atoms with Gasteiger partial charge in [-0.15, -0.1) is 0 Å². The SMILES string of the molecule is COC(=O)CN(C(=O)CCBr)C(C)C. The molecule has 0 spiro atoms. The van der Waals surface area contributed by atoms with Crippen molar-refractivity contribution in [3.8, 4) is 0 Å². The highest BCUT2D eigenvalue weighted by molar-refractivity contribution is 9.09. The number of amides is 1. The minimum atomic E-state index is -0.387. The zero-order chi connectivity index (χ0) is 11.1. The number of methoxy groups -OCH3 is 1. The Morgan fingerprint density at radius 3 is 2.36 bits per heavy atom. The fourth-order valence-corrected chi connectivity index (χ4v) is 1.33. The van der Waals surface area contributed by atoms with Crippen LogP contribution in [0.25, 0.3) is 0 Å². The van der Waals surface area contributed by atoms with E-state index < -0.39 is 0 Å². The topological polar surface area (TPSA) is 46.6 Å². The number of rotatable bonds is 5. The van der Waals surface area contributed by atoms with Gasteiger partial charge in [-0.25, -0.2) is 0 Å². The summed E-state index contributed by atoms with van der Waals surface area (Å²) in [6.07, 6.45) is 0.398. The first kappa shape index (κ1) is 13.4. The van der Waals surface area contributed by atoms with Crippen LogP contribution in [0.2, 0.25) is 0 Å². The number of alkyl halides is 1. The first-order chi connectivity index (χ1) is 6.52. The van der Waals surface area contributed by atoms with Gasteiger partial charge in [0.05, 0.1) is 7.11 Å². The van der Waals surface area contributed by atoms with Crippen LogP contribution in [0.15, 0.2) is 0 Å². The summed E-state index contributed by atoms with van der Waals surface area (Å²) in [5.41, 5.74) is 0. The predicted molar refractivity (Wildman–Crippen MR) is 57.3 cm³/mol. The first-order valence-electron chi connectivity index (χ1n) is 4.45. The Bertz CT molecular complexity index is 206. The summed E-state index contributed by atoms with van der Waals surface area (Å²) in [5, 5.41) is 0.607. The number of carbonyl (C=O) groups is 2. The Balaban J connectivity index is 4.29. The number of hydrogen-bond acceptors (Lipinski definition) is 3. The lowest BCUT2D eigenvalue weighted by Crippen LogP contribution is -2.41. The Morgan fingerprint density at radius 2 is 2.00 bits per heavy atom. The van der Waals surface area contributed by atoms with E-state index in [0.29, 0.717) is 11.8 Å². The van der Waals surface area contributed by atoms with Gasteiger partial charge >= 0.3 is 5.97 Å². The first-order valence-corrected chi connectivity index (χ1v) is 5.57. The van der Waals surface area contributed by atoms with Gasteiger partial charge in [0, 0.05) is 17.8 Å². The molecule has 0 heterocycles. The van der Waals surface area contributed by atoms with Crippen LogP contribution in [0.4, 0.5) is 0 Å². The maximum absolute atomic E-state index is 11.5. The van der Waals surface area contributed by atoms with Crippen LogP contribution in [-0.4, -0.2) is 41.8 Å².